The molecule has 112 valence electrons. The Balaban J connectivity index is 1.83. The van der Waals surface area contributed by atoms with Crippen LogP contribution < -0.4 is 0 Å². The van der Waals surface area contributed by atoms with Gasteiger partial charge in [-0.2, -0.15) is 0 Å². The van der Waals surface area contributed by atoms with Crippen molar-refractivity contribution in [1.82, 2.24) is 0 Å². The molecule has 24 heavy (non-hydrogen) atoms. The van der Waals surface area contributed by atoms with Crippen LogP contribution in [0.1, 0.15) is 22.3 Å². The van der Waals surface area contributed by atoms with E-state index in [1.54, 1.807) is 0 Å². The van der Waals surface area contributed by atoms with Crippen LogP contribution >= 0.6 is 0 Å². The standard InChI is InChI=1S/C24H16/c1-2-9-19-15(5-1)11-12-20-21-10-4-8-17-13-16-6-3-7-18(14-22(19)20)23(16)24(17)21/h1-12H,13-14H2. The highest BCUT2D eigenvalue weighted by Crippen LogP contribution is 2.49. The molecule has 0 heteroatoms. The summed E-state index contributed by atoms with van der Waals surface area (Å²) in [4.78, 5) is 0. The highest BCUT2D eigenvalue weighted by molar-refractivity contribution is 6.00. The third kappa shape index (κ3) is 1.48. The van der Waals surface area contributed by atoms with Crippen molar-refractivity contribution in [3.05, 3.63) is 95.1 Å². The van der Waals surface area contributed by atoms with Crippen LogP contribution in [0.2, 0.25) is 0 Å². The molecule has 0 amide bonds. The zero-order valence-electron chi connectivity index (χ0n) is 13.3. The molecule has 0 fully saturated rings. The maximum Gasteiger partial charge on any atom is -0.000718 e. The summed E-state index contributed by atoms with van der Waals surface area (Å²) >= 11 is 0. The number of fused-ring (bicyclic) bond motifs is 4. The lowest BCUT2D eigenvalue weighted by atomic mass is 9.91. The average molecular weight is 304 g/mol. The van der Waals surface area contributed by atoms with Gasteiger partial charge in [-0.25, -0.2) is 0 Å². The van der Waals surface area contributed by atoms with E-state index in [2.05, 4.69) is 72.8 Å². The molecule has 4 aromatic rings. The number of hydrogen-bond acceptors (Lipinski definition) is 0. The van der Waals surface area contributed by atoms with E-state index in [4.69, 9.17) is 0 Å². The lowest BCUT2D eigenvalue weighted by molar-refractivity contribution is 1.20. The van der Waals surface area contributed by atoms with Gasteiger partial charge in [0, 0.05) is 0 Å². The zero-order chi connectivity index (χ0) is 15.7. The van der Waals surface area contributed by atoms with Crippen molar-refractivity contribution in [2.75, 3.05) is 0 Å². The van der Waals surface area contributed by atoms with E-state index < -0.39 is 0 Å². The molecule has 0 N–H and O–H groups in total. The smallest absolute Gasteiger partial charge is 0.000718 e. The summed E-state index contributed by atoms with van der Waals surface area (Å²) in [5.74, 6) is 0. The van der Waals surface area contributed by atoms with Crippen LogP contribution in [0.25, 0.3) is 33.0 Å². The summed E-state index contributed by atoms with van der Waals surface area (Å²) < 4.78 is 0. The molecule has 0 unspecified atom stereocenters. The van der Waals surface area contributed by atoms with Crippen LogP contribution in [-0.2, 0) is 12.8 Å². The largest absolute Gasteiger partial charge is 0.0617 e. The molecule has 0 aromatic heterocycles. The van der Waals surface area contributed by atoms with Gasteiger partial charge in [-0.1, -0.05) is 72.8 Å². The first-order chi connectivity index (χ1) is 11.9. The third-order valence-corrected chi connectivity index (χ3v) is 5.72. The summed E-state index contributed by atoms with van der Waals surface area (Å²) in [7, 11) is 0. The molecule has 0 radical (unpaired) electrons. The van der Waals surface area contributed by atoms with E-state index in [0.29, 0.717) is 0 Å². The van der Waals surface area contributed by atoms with Crippen molar-refractivity contribution in [2.45, 2.75) is 12.8 Å². The Morgan fingerprint density at radius 3 is 2.17 bits per heavy atom. The van der Waals surface area contributed by atoms with Crippen LogP contribution in [0.5, 0.6) is 0 Å². The van der Waals surface area contributed by atoms with Crippen molar-refractivity contribution in [1.29, 1.82) is 0 Å². The van der Waals surface area contributed by atoms with Gasteiger partial charge in [0.2, 0.25) is 0 Å². The highest BCUT2D eigenvalue weighted by atomic mass is 14.3. The minimum absolute atomic E-state index is 1.02. The van der Waals surface area contributed by atoms with Crippen molar-refractivity contribution >= 4 is 10.8 Å². The second-order valence-corrected chi connectivity index (χ2v) is 6.96. The van der Waals surface area contributed by atoms with Gasteiger partial charge in [-0.05, 0) is 68.1 Å². The molecule has 0 nitrogen and oxygen atoms in total. The average Bonchev–Trinajstić information content (AvgIpc) is 2.94. The van der Waals surface area contributed by atoms with Crippen LogP contribution in [0.15, 0.2) is 72.8 Å². The van der Waals surface area contributed by atoms with Gasteiger partial charge in [0.25, 0.3) is 0 Å². The molecule has 0 spiro atoms. The van der Waals surface area contributed by atoms with Gasteiger partial charge in [-0.15, -0.1) is 0 Å². The SMILES string of the molecule is c1cc2c3c(c1)Cc1c(ccc4ccccc14)-c1cccc(c1-3)C2. The molecule has 2 aliphatic carbocycles. The summed E-state index contributed by atoms with van der Waals surface area (Å²) in [6.45, 7) is 0. The fraction of sp³-hybridized carbons (Fsp3) is 0.0833. The summed E-state index contributed by atoms with van der Waals surface area (Å²) in [5.41, 5.74) is 11.7. The van der Waals surface area contributed by atoms with Crippen molar-refractivity contribution in [3.63, 3.8) is 0 Å². The molecule has 0 bridgehead atoms. The van der Waals surface area contributed by atoms with E-state index in [-0.39, 0.29) is 0 Å². The van der Waals surface area contributed by atoms with E-state index in [9.17, 15) is 0 Å². The van der Waals surface area contributed by atoms with Crippen LogP contribution in [0.4, 0.5) is 0 Å². The molecule has 6 rings (SSSR count). The predicted octanol–water partition coefficient (Wildman–Crippen LogP) is 5.98. The van der Waals surface area contributed by atoms with Gasteiger partial charge < -0.3 is 0 Å². The topological polar surface area (TPSA) is 0 Å². The third-order valence-electron chi connectivity index (χ3n) is 5.72. The molecule has 0 heterocycles. The fourth-order valence-electron chi connectivity index (χ4n) is 4.71. The highest BCUT2D eigenvalue weighted by Gasteiger charge is 2.28. The van der Waals surface area contributed by atoms with E-state index in [1.165, 1.54) is 55.3 Å². The summed E-state index contributed by atoms with van der Waals surface area (Å²) in [6, 6.07) is 27.1. The molecule has 4 aromatic carbocycles. The van der Waals surface area contributed by atoms with Crippen molar-refractivity contribution in [3.8, 4) is 22.3 Å². The molecule has 0 saturated carbocycles. The van der Waals surface area contributed by atoms with Gasteiger partial charge in [0.05, 0.1) is 0 Å². The molecular weight excluding hydrogens is 288 g/mol. The van der Waals surface area contributed by atoms with Gasteiger partial charge >= 0.3 is 0 Å². The molecule has 0 atom stereocenters. The Labute approximate surface area is 141 Å². The lowest BCUT2D eigenvalue weighted by Crippen LogP contribution is -1.94. The van der Waals surface area contributed by atoms with Gasteiger partial charge in [-0.3, -0.25) is 0 Å². The lowest BCUT2D eigenvalue weighted by Gasteiger charge is -2.13. The number of benzene rings is 4. The number of rotatable bonds is 0. The molecule has 0 aliphatic heterocycles. The summed E-state index contributed by atoms with van der Waals surface area (Å²) in [6.07, 6.45) is 2.10. The van der Waals surface area contributed by atoms with Crippen LogP contribution in [0.3, 0.4) is 0 Å². The predicted molar refractivity (Wildman–Crippen MR) is 100 cm³/mol. The van der Waals surface area contributed by atoms with Gasteiger partial charge in [0.1, 0.15) is 0 Å². The summed E-state index contributed by atoms with van der Waals surface area (Å²) in [5, 5.41) is 2.73. The van der Waals surface area contributed by atoms with E-state index in [0.717, 1.165) is 12.8 Å². The van der Waals surface area contributed by atoms with Crippen LogP contribution in [-0.4, -0.2) is 0 Å². The Kier molecular flexibility index (Phi) is 2.28. The second-order valence-electron chi connectivity index (χ2n) is 6.96. The minimum Gasteiger partial charge on any atom is -0.0617 e. The Morgan fingerprint density at radius 1 is 0.500 bits per heavy atom. The number of hydrogen-bond donors (Lipinski definition) is 0. The molecule has 2 aliphatic rings. The van der Waals surface area contributed by atoms with E-state index in [1.807, 2.05) is 0 Å². The zero-order valence-corrected chi connectivity index (χ0v) is 13.3. The fourth-order valence-corrected chi connectivity index (χ4v) is 4.71. The molecule has 0 saturated heterocycles. The second kappa shape index (κ2) is 4.36. The van der Waals surface area contributed by atoms with Crippen molar-refractivity contribution in [2.24, 2.45) is 0 Å². The first kappa shape index (κ1) is 12.5. The normalized spacial score (nSPS) is 13.5. The Hall–Kier alpha value is -2.86. The quantitative estimate of drug-likeness (QED) is 0.324. The maximum absolute atomic E-state index is 2.33. The first-order valence-electron chi connectivity index (χ1n) is 8.64. The minimum atomic E-state index is 1.02. The van der Waals surface area contributed by atoms with E-state index >= 15 is 0 Å². The molecular formula is C24H16. The monoisotopic (exact) mass is 304 g/mol. The maximum atomic E-state index is 2.33. The Bertz CT molecular complexity index is 1150. The first-order valence-corrected chi connectivity index (χ1v) is 8.64. The van der Waals surface area contributed by atoms with Crippen LogP contribution in [0, 0.1) is 0 Å². The van der Waals surface area contributed by atoms with Gasteiger partial charge in [0.15, 0.2) is 0 Å². The Morgan fingerprint density at radius 2 is 1.25 bits per heavy atom. The van der Waals surface area contributed by atoms with Crippen molar-refractivity contribution < 1.29 is 0 Å².